The summed E-state index contributed by atoms with van der Waals surface area (Å²) in [5, 5.41) is 8.38. The van der Waals surface area contributed by atoms with Crippen LogP contribution in [0, 0.1) is 0 Å². The van der Waals surface area contributed by atoms with E-state index in [4.69, 9.17) is 14.2 Å². The Labute approximate surface area is 161 Å². The summed E-state index contributed by atoms with van der Waals surface area (Å²) in [6, 6.07) is 4.99. The number of aromatic nitrogens is 3. The lowest BCUT2D eigenvalue weighted by atomic mass is 9.93. The monoisotopic (exact) mass is 390 g/mol. The van der Waals surface area contributed by atoms with Crippen LogP contribution in [0.15, 0.2) is 34.6 Å². The second-order valence-electron chi connectivity index (χ2n) is 5.71. The molecule has 1 unspecified atom stereocenters. The number of anilines is 1. The first-order chi connectivity index (χ1) is 13.1. The number of carbonyl (C=O) groups is 1. The topological polar surface area (TPSA) is 87.5 Å². The molecular weight excluding hydrogens is 368 g/mol. The molecule has 0 aliphatic carbocycles. The van der Waals surface area contributed by atoms with E-state index in [-0.39, 0.29) is 0 Å². The van der Waals surface area contributed by atoms with Crippen LogP contribution in [0.3, 0.4) is 0 Å². The Morgan fingerprint density at radius 1 is 1.30 bits per heavy atom. The Hall–Kier alpha value is -2.68. The van der Waals surface area contributed by atoms with Gasteiger partial charge in [-0.1, -0.05) is 30.8 Å². The van der Waals surface area contributed by atoms with E-state index in [0.29, 0.717) is 34.6 Å². The molecule has 144 valence electrons. The summed E-state index contributed by atoms with van der Waals surface area (Å²) in [6.45, 7) is 1.96. The van der Waals surface area contributed by atoms with Crippen LogP contribution in [-0.2, 0) is 9.53 Å². The summed E-state index contributed by atoms with van der Waals surface area (Å²) < 4.78 is 17.8. The zero-order valence-electron chi connectivity index (χ0n) is 15.9. The minimum absolute atomic E-state index is 0.430. The molecule has 0 amide bonds. The van der Waals surface area contributed by atoms with Crippen molar-refractivity contribution in [1.82, 2.24) is 14.8 Å². The normalized spacial score (nSPS) is 15.8. The highest BCUT2D eigenvalue weighted by Gasteiger charge is 2.37. The molecule has 0 saturated carbocycles. The van der Waals surface area contributed by atoms with Gasteiger partial charge in [-0.25, -0.2) is 9.48 Å². The van der Waals surface area contributed by atoms with Crippen LogP contribution in [0.2, 0.25) is 0 Å². The SMILES string of the molecule is CCC1=C(C(=O)OC)C(c2cccc(OC)c2OC)n2nc(SC)nc2N1. The van der Waals surface area contributed by atoms with Crippen LogP contribution in [0.5, 0.6) is 11.5 Å². The minimum atomic E-state index is -0.554. The number of esters is 1. The number of fused-ring (bicyclic) bond motifs is 1. The Morgan fingerprint density at radius 3 is 2.67 bits per heavy atom. The van der Waals surface area contributed by atoms with Gasteiger partial charge in [-0.15, -0.1) is 5.10 Å². The van der Waals surface area contributed by atoms with Gasteiger partial charge in [0.05, 0.1) is 26.9 Å². The number of rotatable bonds is 6. The van der Waals surface area contributed by atoms with Gasteiger partial charge in [0, 0.05) is 11.3 Å². The molecule has 3 rings (SSSR count). The van der Waals surface area contributed by atoms with E-state index < -0.39 is 12.0 Å². The molecule has 27 heavy (non-hydrogen) atoms. The Morgan fingerprint density at radius 2 is 2.07 bits per heavy atom. The first kappa shape index (κ1) is 19.1. The molecule has 2 aromatic rings. The Bertz CT molecular complexity index is 893. The van der Waals surface area contributed by atoms with Crippen molar-refractivity contribution < 1.29 is 19.0 Å². The number of allylic oxidation sites excluding steroid dienone is 1. The van der Waals surface area contributed by atoms with Gasteiger partial charge < -0.3 is 19.5 Å². The van der Waals surface area contributed by atoms with E-state index in [1.54, 1.807) is 25.0 Å². The third-order valence-electron chi connectivity index (χ3n) is 4.39. The van der Waals surface area contributed by atoms with Gasteiger partial charge in [0.15, 0.2) is 11.5 Å². The largest absolute Gasteiger partial charge is 0.493 e. The smallest absolute Gasteiger partial charge is 0.338 e. The average Bonchev–Trinajstić information content (AvgIpc) is 3.13. The maximum atomic E-state index is 12.7. The summed E-state index contributed by atoms with van der Waals surface area (Å²) in [5.41, 5.74) is 1.95. The average molecular weight is 390 g/mol. The third-order valence-corrected chi connectivity index (χ3v) is 4.93. The highest BCUT2D eigenvalue weighted by molar-refractivity contribution is 7.98. The summed E-state index contributed by atoms with van der Waals surface area (Å²) in [5.74, 6) is 1.25. The zero-order chi connectivity index (χ0) is 19.6. The molecular formula is C18H22N4O4S. The number of hydrogen-bond acceptors (Lipinski definition) is 8. The zero-order valence-corrected chi connectivity index (χ0v) is 16.7. The van der Waals surface area contributed by atoms with E-state index in [9.17, 15) is 4.79 Å². The molecule has 1 aromatic carbocycles. The van der Waals surface area contributed by atoms with Gasteiger partial charge in [-0.05, 0) is 18.7 Å². The predicted molar refractivity (Wildman–Crippen MR) is 102 cm³/mol. The molecule has 0 bridgehead atoms. The summed E-state index contributed by atoms with van der Waals surface area (Å²) in [7, 11) is 4.51. The lowest BCUT2D eigenvalue weighted by molar-refractivity contribution is -0.136. The van der Waals surface area contributed by atoms with Crippen molar-refractivity contribution >= 4 is 23.7 Å². The number of carbonyl (C=O) groups excluding carboxylic acids is 1. The number of para-hydroxylation sites is 1. The number of benzene rings is 1. The molecule has 1 N–H and O–H groups in total. The van der Waals surface area contributed by atoms with Crippen molar-refractivity contribution in [1.29, 1.82) is 0 Å². The summed E-state index contributed by atoms with van der Waals surface area (Å²) >= 11 is 1.43. The molecule has 2 heterocycles. The molecule has 0 spiro atoms. The van der Waals surface area contributed by atoms with Crippen LogP contribution >= 0.6 is 11.8 Å². The van der Waals surface area contributed by atoms with Gasteiger partial charge in [-0.2, -0.15) is 4.98 Å². The minimum Gasteiger partial charge on any atom is -0.493 e. The van der Waals surface area contributed by atoms with Crippen molar-refractivity contribution in [2.75, 3.05) is 32.9 Å². The van der Waals surface area contributed by atoms with Gasteiger partial charge in [0.2, 0.25) is 11.1 Å². The second kappa shape index (κ2) is 7.91. The van der Waals surface area contributed by atoms with E-state index >= 15 is 0 Å². The van der Waals surface area contributed by atoms with Crippen molar-refractivity contribution in [2.45, 2.75) is 24.5 Å². The lowest BCUT2D eigenvalue weighted by Gasteiger charge is -2.29. The van der Waals surface area contributed by atoms with E-state index in [1.807, 2.05) is 25.3 Å². The fourth-order valence-electron chi connectivity index (χ4n) is 3.18. The predicted octanol–water partition coefficient (Wildman–Crippen LogP) is 2.87. The van der Waals surface area contributed by atoms with Crippen molar-refractivity contribution in [3.05, 3.63) is 35.0 Å². The van der Waals surface area contributed by atoms with E-state index in [2.05, 4.69) is 15.4 Å². The standard InChI is InChI=1S/C18H22N4O4S/c1-6-11-13(16(23)26-4)14(22-17(19-11)20-18(21-22)27-5)10-8-7-9-12(24-2)15(10)25-3/h7-9,14H,6H2,1-5H3,(H,19,20,21). The highest BCUT2D eigenvalue weighted by atomic mass is 32.2. The fraction of sp³-hybridized carbons (Fsp3) is 0.389. The molecule has 1 aromatic heterocycles. The van der Waals surface area contributed by atoms with Crippen molar-refractivity contribution in [3.8, 4) is 11.5 Å². The maximum absolute atomic E-state index is 12.7. The lowest BCUT2D eigenvalue weighted by Crippen LogP contribution is -2.30. The molecule has 1 atom stereocenters. The number of nitrogens with zero attached hydrogens (tertiary/aromatic N) is 3. The number of ether oxygens (including phenoxy) is 3. The summed E-state index contributed by atoms with van der Waals surface area (Å²) in [4.78, 5) is 17.2. The van der Waals surface area contributed by atoms with Crippen molar-refractivity contribution in [3.63, 3.8) is 0 Å². The van der Waals surface area contributed by atoms with Gasteiger partial charge in [0.1, 0.15) is 6.04 Å². The van der Waals surface area contributed by atoms with Crippen LogP contribution in [0.25, 0.3) is 0 Å². The van der Waals surface area contributed by atoms with Crippen LogP contribution < -0.4 is 14.8 Å². The molecule has 0 fully saturated rings. The molecule has 1 aliphatic heterocycles. The molecule has 9 heteroatoms. The third kappa shape index (κ3) is 3.23. The molecule has 0 saturated heterocycles. The quantitative estimate of drug-likeness (QED) is 0.595. The number of hydrogen-bond donors (Lipinski definition) is 1. The Kier molecular flexibility index (Phi) is 5.59. The maximum Gasteiger partial charge on any atom is 0.338 e. The van der Waals surface area contributed by atoms with Gasteiger partial charge in [0.25, 0.3) is 0 Å². The first-order valence-electron chi connectivity index (χ1n) is 8.39. The number of thioether (sulfide) groups is 1. The Balaban J connectivity index is 2.30. The van der Waals surface area contributed by atoms with E-state index in [1.165, 1.54) is 18.9 Å². The van der Waals surface area contributed by atoms with Crippen LogP contribution in [0.4, 0.5) is 5.95 Å². The van der Waals surface area contributed by atoms with Gasteiger partial charge in [-0.3, -0.25) is 0 Å². The first-order valence-corrected chi connectivity index (χ1v) is 9.61. The van der Waals surface area contributed by atoms with Crippen LogP contribution in [-0.4, -0.2) is 48.3 Å². The van der Waals surface area contributed by atoms with E-state index in [0.717, 1.165) is 11.3 Å². The second-order valence-corrected chi connectivity index (χ2v) is 6.49. The molecule has 1 aliphatic rings. The molecule has 8 nitrogen and oxygen atoms in total. The fourth-order valence-corrected chi connectivity index (χ4v) is 3.53. The number of methoxy groups -OCH3 is 3. The van der Waals surface area contributed by atoms with Crippen LogP contribution in [0.1, 0.15) is 24.9 Å². The highest BCUT2D eigenvalue weighted by Crippen LogP contribution is 2.43. The summed E-state index contributed by atoms with van der Waals surface area (Å²) in [6.07, 6.45) is 2.51. The van der Waals surface area contributed by atoms with Gasteiger partial charge >= 0.3 is 5.97 Å². The molecule has 0 radical (unpaired) electrons. The number of nitrogens with one attached hydrogen (secondary N) is 1. The van der Waals surface area contributed by atoms with Crippen molar-refractivity contribution in [2.24, 2.45) is 0 Å².